The Labute approximate surface area is 131 Å². The predicted molar refractivity (Wildman–Crippen MR) is 89.1 cm³/mol. The number of nitrogens with one attached hydrogen (secondary N) is 1. The minimum absolute atomic E-state index is 0.147. The molecule has 0 bridgehead atoms. The highest BCUT2D eigenvalue weighted by molar-refractivity contribution is 5.92. The van der Waals surface area contributed by atoms with Crippen molar-refractivity contribution in [2.75, 3.05) is 11.9 Å². The van der Waals surface area contributed by atoms with Gasteiger partial charge in [-0.15, -0.1) is 0 Å². The smallest absolute Gasteiger partial charge is 0.411 e. The van der Waals surface area contributed by atoms with Gasteiger partial charge in [-0.1, -0.05) is 56.3 Å². The molecule has 0 fully saturated rings. The molecule has 1 aliphatic heterocycles. The summed E-state index contributed by atoms with van der Waals surface area (Å²) in [6.07, 6.45) is 1.47. The highest BCUT2D eigenvalue weighted by Crippen LogP contribution is 2.41. The van der Waals surface area contributed by atoms with Crippen LogP contribution in [-0.2, 0) is 10.2 Å². The highest BCUT2D eigenvalue weighted by atomic mass is 16.5. The molecular weight excluding hydrogens is 274 g/mol. The predicted octanol–water partition coefficient (Wildman–Crippen LogP) is 4.97. The van der Waals surface area contributed by atoms with Crippen molar-refractivity contribution >= 4 is 11.8 Å². The number of para-hydroxylation sites is 1. The zero-order valence-electron chi connectivity index (χ0n) is 13.1. The van der Waals surface area contributed by atoms with Gasteiger partial charge in [0.2, 0.25) is 0 Å². The summed E-state index contributed by atoms with van der Waals surface area (Å²) in [5.41, 5.74) is 4.12. The van der Waals surface area contributed by atoms with Crippen LogP contribution < -0.4 is 5.32 Å². The molecule has 0 aromatic heterocycles. The molecule has 1 N–H and O–H groups in total. The second kappa shape index (κ2) is 5.84. The van der Waals surface area contributed by atoms with Crippen LogP contribution in [0.1, 0.15) is 32.3 Å². The van der Waals surface area contributed by atoms with Crippen LogP contribution >= 0.6 is 0 Å². The van der Waals surface area contributed by atoms with Crippen molar-refractivity contribution in [1.29, 1.82) is 0 Å². The summed E-state index contributed by atoms with van der Waals surface area (Å²) in [6, 6.07) is 16.3. The maximum atomic E-state index is 12.1. The largest absolute Gasteiger partial charge is 0.448 e. The Morgan fingerprint density at radius 1 is 1.00 bits per heavy atom. The first kappa shape index (κ1) is 14.6. The van der Waals surface area contributed by atoms with Crippen molar-refractivity contribution in [2.24, 2.45) is 0 Å². The van der Waals surface area contributed by atoms with Gasteiger partial charge in [0.15, 0.2) is 0 Å². The van der Waals surface area contributed by atoms with Crippen molar-refractivity contribution in [3.63, 3.8) is 0 Å². The molecule has 3 rings (SSSR count). The number of anilines is 1. The van der Waals surface area contributed by atoms with Crippen LogP contribution in [0.5, 0.6) is 0 Å². The van der Waals surface area contributed by atoms with Crippen molar-refractivity contribution in [2.45, 2.75) is 32.1 Å². The first-order valence-electron chi connectivity index (χ1n) is 7.83. The molecule has 0 unspecified atom stereocenters. The first-order chi connectivity index (χ1) is 10.7. The maximum absolute atomic E-state index is 12.1. The molecule has 1 heterocycles. The molecule has 0 spiro atoms. The number of carbonyl (C=O) groups excluding carboxylic acids is 1. The molecule has 2 aromatic rings. The molecule has 0 saturated heterocycles. The van der Waals surface area contributed by atoms with E-state index in [4.69, 9.17) is 4.74 Å². The highest BCUT2D eigenvalue weighted by Gasteiger charge is 2.34. The van der Waals surface area contributed by atoms with Gasteiger partial charge in [0.1, 0.15) is 6.61 Å². The van der Waals surface area contributed by atoms with E-state index in [-0.39, 0.29) is 11.5 Å². The van der Waals surface area contributed by atoms with E-state index in [2.05, 4.69) is 43.4 Å². The number of carbonyl (C=O) groups is 1. The molecule has 22 heavy (non-hydrogen) atoms. The Hall–Kier alpha value is -2.29. The van der Waals surface area contributed by atoms with E-state index in [1.807, 2.05) is 24.3 Å². The second-order valence-corrected chi connectivity index (χ2v) is 5.78. The lowest BCUT2D eigenvalue weighted by Gasteiger charge is -2.33. The normalized spacial score (nSPS) is 16.2. The fourth-order valence-corrected chi connectivity index (χ4v) is 3.27. The number of rotatable bonds is 2. The van der Waals surface area contributed by atoms with Gasteiger partial charge in [0.05, 0.1) is 5.69 Å². The van der Waals surface area contributed by atoms with Crippen LogP contribution in [0.4, 0.5) is 10.5 Å². The molecule has 2 aromatic carbocycles. The Morgan fingerprint density at radius 3 is 2.36 bits per heavy atom. The third-order valence-corrected chi connectivity index (χ3v) is 4.79. The molecule has 3 nitrogen and oxygen atoms in total. The standard InChI is InChI=1S/C19H21NO2/c1-3-19(4-2)13-22-18(21)20-17-12-8-6-10-15(17)14-9-5-7-11-16(14)19/h5-12H,3-4,13H2,1-2H3,(H,20,21). The number of hydrogen-bond acceptors (Lipinski definition) is 2. The minimum atomic E-state index is -0.383. The molecule has 0 aliphatic carbocycles. The van der Waals surface area contributed by atoms with Crippen molar-refractivity contribution in [3.8, 4) is 11.1 Å². The van der Waals surface area contributed by atoms with E-state index in [0.717, 1.165) is 24.1 Å². The lowest BCUT2D eigenvalue weighted by Crippen LogP contribution is -2.32. The zero-order chi connectivity index (χ0) is 15.6. The van der Waals surface area contributed by atoms with Gasteiger partial charge in [-0.2, -0.15) is 0 Å². The van der Waals surface area contributed by atoms with Crippen LogP contribution in [-0.4, -0.2) is 12.7 Å². The van der Waals surface area contributed by atoms with E-state index >= 15 is 0 Å². The summed E-state index contributed by atoms with van der Waals surface area (Å²) < 4.78 is 5.52. The van der Waals surface area contributed by atoms with Crippen molar-refractivity contribution in [1.82, 2.24) is 0 Å². The lowest BCUT2D eigenvalue weighted by atomic mass is 9.73. The summed E-state index contributed by atoms with van der Waals surface area (Å²) in [4.78, 5) is 12.1. The maximum Gasteiger partial charge on any atom is 0.411 e. The topological polar surface area (TPSA) is 38.3 Å². The number of fused-ring (bicyclic) bond motifs is 3. The quantitative estimate of drug-likeness (QED) is 0.849. The van der Waals surface area contributed by atoms with E-state index in [1.54, 1.807) is 0 Å². The minimum Gasteiger partial charge on any atom is -0.448 e. The van der Waals surface area contributed by atoms with E-state index in [0.29, 0.717) is 6.61 Å². The molecule has 1 aliphatic rings. The Kier molecular flexibility index (Phi) is 3.88. The van der Waals surface area contributed by atoms with Crippen LogP contribution in [0.15, 0.2) is 48.5 Å². The SMILES string of the molecule is CCC1(CC)COC(=O)Nc2ccccc2-c2ccccc21. The number of benzene rings is 2. The van der Waals surface area contributed by atoms with Crippen LogP contribution in [0.3, 0.4) is 0 Å². The van der Waals surface area contributed by atoms with E-state index < -0.39 is 0 Å². The van der Waals surface area contributed by atoms with Gasteiger partial charge >= 0.3 is 6.09 Å². The van der Waals surface area contributed by atoms with Gasteiger partial charge in [-0.25, -0.2) is 4.79 Å². The summed E-state index contributed by atoms with van der Waals surface area (Å²) in [7, 11) is 0. The molecule has 3 heteroatoms. The first-order valence-corrected chi connectivity index (χ1v) is 7.83. The number of hydrogen-bond donors (Lipinski definition) is 1. The van der Waals surface area contributed by atoms with E-state index in [1.165, 1.54) is 11.1 Å². The molecule has 1 amide bonds. The number of amides is 1. The summed E-state index contributed by atoms with van der Waals surface area (Å²) >= 11 is 0. The van der Waals surface area contributed by atoms with Gasteiger partial charge in [0, 0.05) is 11.0 Å². The average molecular weight is 295 g/mol. The molecule has 0 radical (unpaired) electrons. The number of cyclic esters (lactones) is 1. The lowest BCUT2D eigenvalue weighted by molar-refractivity contribution is 0.123. The Bertz CT molecular complexity index is 689. The zero-order valence-corrected chi connectivity index (χ0v) is 13.1. The van der Waals surface area contributed by atoms with E-state index in [9.17, 15) is 4.79 Å². The van der Waals surface area contributed by atoms with Crippen molar-refractivity contribution < 1.29 is 9.53 Å². The molecular formula is C19H21NO2. The van der Waals surface area contributed by atoms with Gasteiger partial charge in [0.25, 0.3) is 0 Å². The van der Waals surface area contributed by atoms with Crippen LogP contribution in [0.2, 0.25) is 0 Å². The monoisotopic (exact) mass is 295 g/mol. The Morgan fingerprint density at radius 2 is 1.64 bits per heavy atom. The summed E-state index contributed by atoms with van der Waals surface area (Å²) in [6.45, 7) is 4.72. The Balaban J connectivity index is 2.29. The fourth-order valence-electron chi connectivity index (χ4n) is 3.27. The van der Waals surface area contributed by atoms with Crippen LogP contribution in [0.25, 0.3) is 11.1 Å². The van der Waals surface area contributed by atoms with Crippen molar-refractivity contribution in [3.05, 3.63) is 54.1 Å². The fraction of sp³-hybridized carbons (Fsp3) is 0.316. The van der Waals surface area contributed by atoms with Crippen LogP contribution in [0, 0.1) is 0 Å². The summed E-state index contributed by atoms with van der Waals surface area (Å²) in [5.74, 6) is 0. The second-order valence-electron chi connectivity index (χ2n) is 5.78. The molecule has 0 saturated carbocycles. The third-order valence-electron chi connectivity index (χ3n) is 4.79. The average Bonchev–Trinajstić information content (AvgIpc) is 2.61. The number of ether oxygens (including phenoxy) is 1. The molecule has 0 atom stereocenters. The molecule has 114 valence electrons. The third kappa shape index (κ3) is 2.37. The van der Waals surface area contributed by atoms with Gasteiger partial charge in [-0.3, -0.25) is 5.32 Å². The van der Waals surface area contributed by atoms with Gasteiger partial charge in [-0.05, 0) is 30.0 Å². The van der Waals surface area contributed by atoms with Gasteiger partial charge < -0.3 is 4.74 Å². The summed E-state index contributed by atoms with van der Waals surface area (Å²) in [5, 5.41) is 2.87.